The maximum absolute atomic E-state index is 12.7. The van der Waals surface area contributed by atoms with Crippen LogP contribution in [0.1, 0.15) is 32.6 Å². The third kappa shape index (κ3) is 7.15. The molecule has 170 valence electrons. The lowest BCUT2D eigenvalue weighted by molar-refractivity contribution is -0.144. The molecule has 5 unspecified atom stereocenters. The third-order valence-electron chi connectivity index (χ3n) is 4.68. The zero-order valence-electron chi connectivity index (χ0n) is 16.5. The summed E-state index contributed by atoms with van der Waals surface area (Å²) in [5.74, 6) is -4.73. The standard InChI is InChI=1S/C17H28N4O8S/c1-8(22)13(15(26)19-10(17(28)29)4-5-12(23)24)20-14(25)11-3-2-6-21(11)16(27)9(18)7-30/h8-11,13,22,30H,2-7,18H2,1H3,(H,19,26)(H,20,25)(H,23,24)(H,28,29). The van der Waals surface area contributed by atoms with Gasteiger partial charge in [0.05, 0.1) is 12.1 Å². The van der Waals surface area contributed by atoms with Crippen LogP contribution >= 0.6 is 12.6 Å². The monoisotopic (exact) mass is 448 g/mol. The first-order chi connectivity index (χ1) is 14.0. The molecule has 30 heavy (non-hydrogen) atoms. The van der Waals surface area contributed by atoms with Crippen LogP contribution in [-0.4, -0.2) is 92.4 Å². The zero-order valence-corrected chi connectivity index (χ0v) is 17.4. The van der Waals surface area contributed by atoms with Crippen molar-refractivity contribution in [2.24, 2.45) is 5.73 Å². The van der Waals surface area contributed by atoms with E-state index in [1.807, 2.05) is 0 Å². The first kappa shape index (κ1) is 25.7. The molecule has 0 bridgehead atoms. The molecule has 1 aliphatic rings. The van der Waals surface area contributed by atoms with E-state index in [9.17, 15) is 29.1 Å². The van der Waals surface area contributed by atoms with Crippen molar-refractivity contribution < 1.29 is 39.3 Å². The normalized spacial score (nSPS) is 20.0. The Morgan fingerprint density at radius 1 is 1.20 bits per heavy atom. The molecule has 12 nitrogen and oxygen atoms in total. The summed E-state index contributed by atoms with van der Waals surface area (Å²) >= 11 is 3.97. The van der Waals surface area contributed by atoms with Gasteiger partial charge in [0.1, 0.15) is 18.1 Å². The van der Waals surface area contributed by atoms with E-state index < -0.39 is 66.4 Å². The van der Waals surface area contributed by atoms with Gasteiger partial charge in [-0.25, -0.2) is 4.79 Å². The number of nitrogens with one attached hydrogen (secondary N) is 2. The molecule has 0 saturated carbocycles. The van der Waals surface area contributed by atoms with E-state index in [1.165, 1.54) is 11.8 Å². The summed E-state index contributed by atoms with van der Waals surface area (Å²) in [6, 6.07) is -4.78. The van der Waals surface area contributed by atoms with E-state index in [1.54, 1.807) is 0 Å². The third-order valence-corrected chi connectivity index (χ3v) is 5.07. The van der Waals surface area contributed by atoms with Crippen LogP contribution in [-0.2, 0) is 24.0 Å². The molecule has 13 heteroatoms. The number of aliphatic hydroxyl groups excluding tert-OH is 1. The van der Waals surface area contributed by atoms with Crippen molar-refractivity contribution in [1.29, 1.82) is 0 Å². The molecule has 0 aromatic heterocycles. The fraction of sp³-hybridized carbons (Fsp3) is 0.706. The smallest absolute Gasteiger partial charge is 0.326 e. The summed E-state index contributed by atoms with van der Waals surface area (Å²) < 4.78 is 0. The SMILES string of the molecule is CC(O)C(NC(=O)C1CCCN1C(=O)C(N)CS)C(=O)NC(CCC(=O)O)C(=O)O. The number of nitrogens with zero attached hydrogens (tertiary/aromatic N) is 1. The number of carboxylic acids is 2. The summed E-state index contributed by atoms with van der Waals surface area (Å²) in [4.78, 5) is 60.7. The molecule has 5 atom stereocenters. The number of carbonyl (C=O) groups excluding carboxylic acids is 3. The molecule has 1 fully saturated rings. The zero-order chi connectivity index (χ0) is 23.0. The molecule has 1 aliphatic heterocycles. The summed E-state index contributed by atoms with van der Waals surface area (Å²) in [5, 5.41) is 32.2. The van der Waals surface area contributed by atoms with Crippen molar-refractivity contribution in [3.63, 3.8) is 0 Å². The molecule has 1 rings (SSSR count). The Morgan fingerprint density at radius 3 is 2.33 bits per heavy atom. The maximum atomic E-state index is 12.7. The fourth-order valence-corrected chi connectivity index (χ4v) is 3.19. The molecular weight excluding hydrogens is 420 g/mol. The number of rotatable bonds is 11. The minimum atomic E-state index is -1.51. The average Bonchev–Trinajstić information content (AvgIpc) is 3.16. The van der Waals surface area contributed by atoms with E-state index in [2.05, 4.69) is 23.3 Å². The number of hydrogen-bond donors (Lipinski definition) is 7. The number of likely N-dealkylation sites (tertiary alicyclic amines) is 1. The van der Waals surface area contributed by atoms with Crippen molar-refractivity contribution in [2.75, 3.05) is 12.3 Å². The van der Waals surface area contributed by atoms with E-state index >= 15 is 0 Å². The number of carboxylic acid groups (broad SMARTS) is 2. The predicted molar refractivity (Wildman–Crippen MR) is 107 cm³/mol. The van der Waals surface area contributed by atoms with Crippen LogP contribution in [0.4, 0.5) is 0 Å². The second-order valence-electron chi connectivity index (χ2n) is 7.04. The lowest BCUT2D eigenvalue weighted by Gasteiger charge is -2.29. The number of nitrogens with two attached hydrogens (primary N) is 1. The highest BCUT2D eigenvalue weighted by Gasteiger charge is 2.38. The van der Waals surface area contributed by atoms with Crippen molar-refractivity contribution in [3.8, 4) is 0 Å². The quantitative estimate of drug-likeness (QED) is 0.167. The van der Waals surface area contributed by atoms with Crippen molar-refractivity contribution in [3.05, 3.63) is 0 Å². The van der Waals surface area contributed by atoms with Gasteiger partial charge in [-0.05, 0) is 26.2 Å². The van der Waals surface area contributed by atoms with E-state index in [4.69, 9.17) is 15.9 Å². The molecule has 0 aliphatic carbocycles. The number of carbonyl (C=O) groups is 5. The van der Waals surface area contributed by atoms with Gasteiger partial charge in [-0.3, -0.25) is 19.2 Å². The van der Waals surface area contributed by atoms with Crippen LogP contribution < -0.4 is 16.4 Å². The van der Waals surface area contributed by atoms with Gasteiger partial charge in [-0.2, -0.15) is 12.6 Å². The van der Waals surface area contributed by atoms with Gasteiger partial charge in [0.2, 0.25) is 17.7 Å². The van der Waals surface area contributed by atoms with Gasteiger partial charge < -0.3 is 36.6 Å². The van der Waals surface area contributed by atoms with Gasteiger partial charge in [0.15, 0.2) is 0 Å². The van der Waals surface area contributed by atoms with E-state index in [-0.39, 0.29) is 12.2 Å². The van der Waals surface area contributed by atoms with Crippen molar-refractivity contribution >= 4 is 42.3 Å². The number of aliphatic hydroxyl groups is 1. The van der Waals surface area contributed by atoms with Crippen LogP contribution in [0.25, 0.3) is 0 Å². The molecule has 7 N–H and O–H groups in total. The van der Waals surface area contributed by atoms with E-state index in [0.29, 0.717) is 19.4 Å². The number of hydrogen-bond acceptors (Lipinski definition) is 8. The molecule has 0 aromatic rings. The van der Waals surface area contributed by atoms with Crippen LogP contribution in [0, 0.1) is 0 Å². The lowest BCUT2D eigenvalue weighted by Crippen LogP contribution is -2.59. The number of aliphatic carboxylic acids is 2. The average molecular weight is 448 g/mol. The van der Waals surface area contributed by atoms with Crippen LogP contribution in [0.2, 0.25) is 0 Å². The molecule has 0 aromatic carbocycles. The van der Waals surface area contributed by atoms with Gasteiger partial charge in [-0.1, -0.05) is 0 Å². The Kier molecular flexibility index (Phi) is 10.0. The fourth-order valence-electron chi connectivity index (χ4n) is 3.04. The Labute approximate surface area is 178 Å². The highest BCUT2D eigenvalue weighted by atomic mass is 32.1. The topological polar surface area (TPSA) is 199 Å². The van der Waals surface area contributed by atoms with Crippen LogP contribution in [0.3, 0.4) is 0 Å². The van der Waals surface area contributed by atoms with Crippen molar-refractivity contribution in [2.45, 2.75) is 62.9 Å². The second kappa shape index (κ2) is 11.7. The summed E-state index contributed by atoms with van der Waals surface area (Å²) in [7, 11) is 0. The van der Waals surface area contributed by atoms with E-state index in [0.717, 1.165) is 0 Å². The molecule has 1 heterocycles. The minimum absolute atomic E-state index is 0.0926. The largest absolute Gasteiger partial charge is 0.481 e. The maximum Gasteiger partial charge on any atom is 0.326 e. The molecule has 0 spiro atoms. The van der Waals surface area contributed by atoms with Gasteiger partial charge in [0, 0.05) is 18.7 Å². The summed E-state index contributed by atoms with van der Waals surface area (Å²) in [5.41, 5.74) is 5.69. The first-order valence-corrected chi connectivity index (χ1v) is 10.0. The van der Waals surface area contributed by atoms with Gasteiger partial charge in [0.25, 0.3) is 0 Å². The lowest BCUT2D eigenvalue weighted by atomic mass is 10.1. The molecule has 0 radical (unpaired) electrons. The summed E-state index contributed by atoms with van der Waals surface area (Å²) in [6.07, 6.45) is -1.36. The van der Waals surface area contributed by atoms with Gasteiger partial charge in [-0.15, -0.1) is 0 Å². The molecule has 1 saturated heterocycles. The molecular formula is C17H28N4O8S. The number of thiol groups is 1. The Balaban J connectivity index is 2.85. The predicted octanol–water partition coefficient (Wildman–Crippen LogP) is -2.47. The Morgan fingerprint density at radius 2 is 1.83 bits per heavy atom. The Hall–Kier alpha value is -2.38. The van der Waals surface area contributed by atoms with Crippen LogP contribution in [0.15, 0.2) is 0 Å². The highest BCUT2D eigenvalue weighted by Crippen LogP contribution is 2.19. The second-order valence-corrected chi connectivity index (χ2v) is 7.40. The van der Waals surface area contributed by atoms with Crippen LogP contribution in [0.5, 0.6) is 0 Å². The van der Waals surface area contributed by atoms with Gasteiger partial charge >= 0.3 is 11.9 Å². The minimum Gasteiger partial charge on any atom is -0.481 e. The van der Waals surface area contributed by atoms with Crippen molar-refractivity contribution in [1.82, 2.24) is 15.5 Å². The summed E-state index contributed by atoms with van der Waals surface area (Å²) in [6.45, 7) is 1.53. The first-order valence-electron chi connectivity index (χ1n) is 9.39. The Bertz CT molecular complexity index is 674. The highest BCUT2D eigenvalue weighted by molar-refractivity contribution is 7.80. The number of amides is 3. The molecule has 3 amide bonds.